The summed E-state index contributed by atoms with van der Waals surface area (Å²) in [6.45, 7) is 6.40. The zero-order chi connectivity index (χ0) is 53.6. The summed E-state index contributed by atoms with van der Waals surface area (Å²) in [4.78, 5) is 38.2. The Bertz CT molecular complexity index is 1600. The van der Waals surface area contributed by atoms with Crippen LogP contribution in [0.2, 0.25) is 0 Å². The molecule has 0 aromatic heterocycles. The molecule has 0 amide bonds. The van der Waals surface area contributed by atoms with Crippen LogP contribution in [-0.2, 0) is 28.6 Å². The van der Waals surface area contributed by atoms with Crippen molar-refractivity contribution in [1.29, 1.82) is 0 Å². The summed E-state index contributed by atoms with van der Waals surface area (Å²) in [5, 5.41) is 0. The summed E-state index contributed by atoms with van der Waals surface area (Å²) in [5.41, 5.74) is 0. The third-order valence-electron chi connectivity index (χ3n) is 12.4. The fourth-order valence-electron chi connectivity index (χ4n) is 7.83. The number of carbonyl (C=O) groups is 3. The molecule has 6 nitrogen and oxygen atoms in total. The molecule has 418 valence electrons. The number of unbranched alkanes of at least 4 members (excludes halogenated alkanes) is 20. The van der Waals surface area contributed by atoms with Crippen LogP contribution in [0.1, 0.15) is 258 Å². The molecule has 74 heavy (non-hydrogen) atoms. The van der Waals surface area contributed by atoms with Crippen molar-refractivity contribution in [2.75, 3.05) is 13.2 Å². The highest BCUT2D eigenvalue weighted by atomic mass is 16.6. The minimum Gasteiger partial charge on any atom is -0.462 e. The maximum atomic E-state index is 12.9. The van der Waals surface area contributed by atoms with Crippen molar-refractivity contribution in [1.82, 2.24) is 0 Å². The Morgan fingerprint density at radius 2 is 0.554 bits per heavy atom. The van der Waals surface area contributed by atoms with E-state index in [-0.39, 0.29) is 37.5 Å². The van der Waals surface area contributed by atoms with Crippen LogP contribution in [0.5, 0.6) is 0 Å². The van der Waals surface area contributed by atoms with E-state index in [1.807, 2.05) is 0 Å². The minimum atomic E-state index is -0.816. The summed E-state index contributed by atoms with van der Waals surface area (Å²) in [5.74, 6) is -0.989. The molecule has 0 spiro atoms. The number of hydrogen-bond donors (Lipinski definition) is 0. The van der Waals surface area contributed by atoms with Gasteiger partial charge in [0.1, 0.15) is 13.2 Å². The predicted octanol–water partition coefficient (Wildman–Crippen LogP) is 20.6. The number of ether oxygens (including phenoxy) is 3. The molecule has 0 N–H and O–H groups in total. The van der Waals surface area contributed by atoms with E-state index in [0.717, 1.165) is 122 Å². The molecule has 0 fully saturated rings. The number of rotatable bonds is 53. The van der Waals surface area contributed by atoms with Crippen LogP contribution in [0.3, 0.4) is 0 Å². The smallest absolute Gasteiger partial charge is 0.306 e. The van der Waals surface area contributed by atoms with Gasteiger partial charge in [0.25, 0.3) is 0 Å². The summed E-state index contributed by atoms with van der Waals surface area (Å²) in [6.07, 6.45) is 85.9. The van der Waals surface area contributed by atoms with E-state index in [4.69, 9.17) is 14.2 Å². The number of esters is 3. The van der Waals surface area contributed by atoms with Gasteiger partial charge in [0, 0.05) is 19.3 Å². The van der Waals surface area contributed by atoms with Crippen molar-refractivity contribution in [2.45, 2.75) is 264 Å². The van der Waals surface area contributed by atoms with Gasteiger partial charge in [0.15, 0.2) is 6.10 Å². The van der Waals surface area contributed by atoms with Gasteiger partial charge in [-0.2, -0.15) is 0 Å². The molecular formula is C68H110O6. The molecule has 0 aliphatic rings. The Morgan fingerprint density at radius 1 is 0.284 bits per heavy atom. The summed E-state index contributed by atoms with van der Waals surface area (Å²) in [7, 11) is 0. The van der Waals surface area contributed by atoms with E-state index >= 15 is 0 Å². The monoisotopic (exact) mass is 1020 g/mol. The molecule has 0 aliphatic heterocycles. The van der Waals surface area contributed by atoms with Crippen LogP contribution in [-0.4, -0.2) is 37.2 Å². The topological polar surface area (TPSA) is 78.9 Å². The van der Waals surface area contributed by atoms with Gasteiger partial charge in [-0.3, -0.25) is 14.4 Å². The van der Waals surface area contributed by atoms with E-state index in [1.54, 1.807) is 0 Å². The van der Waals surface area contributed by atoms with Crippen molar-refractivity contribution in [3.8, 4) is 0 Å². The van der Waals surface area contributed by atoms with Gasteiger partial charge in [-0.25, -0.2) is 0 Å². The molecule has 0 aromatic rings. The molecule has 1 unspecified atom stereocenters. The third kappa shape index (κ3) is 58.4. The molecule has 0 bridgehead atoms. The van der Waals surface area contributed by atoms with Crippen LogP contribution >= 0.6 is 0 Å². The van der Waals surface area contributed by atoms with Crippen molar-refractivity contribution < 1.29 is 28.6 Å². The highest BCUT2D eigenvalue weighted by Gasteiger charge is 2.19. The largest absolute Gasteiger partial charge is 0.462 e. The Balaban J connectivity index is 4.51. The molecule has 0 saturated heterocycles. The van der Waals surface area contributed by atoms with Crippen LogP contribution in [0.15, 0.2) is 134 Å². The fraction of sp³-hybridized carbons (Fsp3) is 0.632. The Labute approximate surface area is 455 Å². The first kappa shape index (κ1) is 69.5. The van der Waals surface area contributed by atoms with Crippen LogP contribution in [0.25, 0.3) is 0 Å². The fourth-order valence-corrected chi connectivity index (χ4v) is 7.83. The van der Waals surface area contributed by atoms with Gasteiger partial charge in [-0.05, 0) is 128 Å². The van der Waals surface area contributed by atoms with Gasteiger partial charge in [-0.15, -0.1) is 0 Å². The minimum absolute atomic E-state index is 0.109. The first-order valence-corrected chi connectivity index (χ1v) is 30.2. The van der Waals surface area contributed by atoms with Gasteiger partial charge >= 0.3 is 17.9 Å². The molecular weight excluding hydrogens is 913 g/mol. The van der Waals surface area contributed by atoms with Crippen molar-refractivity contribution >= 4 is 17.9 Å². The second kappa shape index (κ2) is 61.1. The predicted molar refractivity (Wildman–Crippen MR) is 320 cm³/mol. The van der Waals surface area contributed by atoms with E-state index < -0.39 is 6.10 Å². The number of hydrogen-bond acceptors (Lipinski definition) is 6. The van der Waals surface area contributed by atoms with Crippen molar-refractivity contribution in [2.24, 2.45) is 0 Å². The van der Waals surface area contributed by atoms with Gasteiger partial charge in [0.2, 0.25) is 0 Å². The van der Waals surface area contributed by atoms with Crippen LogP contribution < -0.4 is 0 Å². The van der Waals surface area contributed by atoms with Crippen molar-refractivity contribution in [3.05, 3.63) is 134 Å². The second-order valence-electron chi connectivity index (χ2n) is 19.5. The van der Waals surface area contributed by atoms with Gasteiger partial charge < -0.3 is 14.2 Å². The Hall–Kier alpha value is -4.45. The molecule has 0 rings (SSSR count). The number of allylic oxidation sites excluding steroid dienone is 22. The average molecular weight is 1020 g/mol. The summed E-state index contributed by atoms with van der Waals surface area (Å²) in [6, 6.07) is 0. The summed E-state index contributed by atoms with van der Waals surface area (Å²) < 4.78 is 16.8. The van der Waals surface area contributed by atoms with Crippen molar-refractivity contribution in [3.63, 3.8) is 0 Å². The molecule has 0 saturated carbocycles. The first-order valence-electron chi connectivity index (χ1n) is 30.2. The highest BCUT2D eigenvalue weighted by molar-refractivity contribution is 5.71. The lowest BCUT2D eigenvalue weighted by Gasteiger charge is -2.18. The maximum absolute atomic E-state index is 12.9. The number of carbonyl (C=O) groups excluding carboxylic acids is 3. The molecule has 0 aliphatic carbocycles. The van der Waals surface area contributed by atoms with E-state index in [2.05, 4.69) is 154 Å². The standard InChI is InChI=1S/C68H110O6/c1-4-7-10-13-16-19-22-25-28-30-32-33-34-35-37-38-40-43-46-49-52-55-58-61-67(70)73-64-65(63-72-66(69)60-57-54-51-48-45-42-27-24-21-18-15-12-9-6-3)74-68(71)62-59-56-53-50-47-44-41-39-36-31-29-26-23-20-17-14-11-8-5-2/h7,10,15-20,24-29,32-33,35,37,40,43,49,52,65H,4-6,8-9,11-14,21-23,30-31,34,36,38-39,41-42,44-48,50-51,53-64H2,1-3H3/b10-7-,18-15-,19-16-,20-17-,27-24-,28-25-,29-26-,33-32-,37-35-,43-40-,52-49-. The first-order chi connectivity index (χ1) is 36.5. The maximum Gasteiger partial charge on any atom is 0.306 e. The summed E-state index contributed by atoms with van der Waals surface area (Å²) >= 11 is 0. The van der Waals surface area contributed by atoms with Gasteiger partial charge in [-0.1, -0.05) is 244 Å². The lowest BCUT2D eigenvalue weighted by atomic mass is 10.1. The highest BCUT2D eigenvalue weighted by Crippen LogP contribution is 2.14. The normalized spacial score (nSPS) is 13.1. The average Bonchev–Trinajstić information content (AvgIpc) is 3.40. The zero-order valence-corrected chi connectivity index (χ0v) is 47.8. The molecule has 0 radical (unpaired) electrons. The molecule has 0 aromatic carbocycles. The quantitative estimate of drug-likeness (QED) is 0.0261. The van der Waals surface area contributed by atoms with Crippen LogP contribution in [0, 0.1) is 0 Å². The molecule has 6 heteroatoms. The van der Waals surface area contributed by atoms with Gasteiger partial charge in [0.05, 0.1) is 0 Å². The second-order valence-corrected chi connectivity index (χ2v) is 19.5. The SMILES string of the molecule is CC/C=C\C/C=C\C/C=C\C/C=C\C/C=C\C/C=C\C/C=C\CCCC(=O)OCC(COC(=O)CCCCCCC/C=C\C/C=C\CCCC)OC(=O)CCCCCCCCCCC/C=C\C/C=C\CCCCC. The third-order valence-corrected chi connectivity index (χ3v) is 12.4. The Kier molecular flexibility index (Phi) is 57.4. The van der Waals surface area contributed by atoms with Crippen LogP contribution in [0.4, 0.5) is 0 Å². The molecule has 0 heterocycles. The van der Waals surface area contributed by atoms with E-state index in [1.165, 1.54) is 89.9 Å². The van der Waals surface area contributed by atoms with E-state index in [9.17, 15) is 14.4 Å². The molecule has 1 atom stereocenters. The Morgan fingerprint density at radius 3 is 0.919 bits per heavy atom. The lowest BCUT2D eigenvalue weighted by Crippen LogP contribution is -2.30. The zero-order valence-electron chi connectivity index (χ0n) is 47.8. The van der Waals surface area contributed by atoms with E-state index in [0.29, 0.717) is 19.3 Å². The lowest BCUT2D eigenvalue weighted by molar-refractivity contribution is -0.167.